The third-order valence-electron chi connectivity index (χ3n) is 3.42. The summed E-state index contributed by atoms with van der Waals surface area (Å²) < 4.78 is 39.8. The lowest BCUT2D eigenvalue weighted by Gasteiger charge is -2.23. The first-order chi connectivity index (χ1) is 9.88. The summed E-state index contributed by atoms with van der Waals surface area (Å²) in [6.45, 7) is 1.53. The summed E-state index contributed by atoms with van der Waals surface area (Å²) >= 11 is 0. The van der Waals surface area contributed by atoms with E-state index in [2.05, 4.69) is 5.10 Å². The van der Waals surface area contributed by atoms with Crippen molar-refractivity contribution in [3.63, 3.8) is 0 Å². The van der Waals surface area contributed by atoms with Gasteiger partial charge in [0.2, 0.25) is 0 Å². The summed E-state index contributed by atoms with van der Waals surface area (Å²) in [6, 6.07) is 2.69. The Balaban J connectivity index is 2.25. The third kappa shape index (κ3) is 2.28. The quantitative estimate of drug-likeness (QED) is 0.925. The van der Waals surface area contributed by atoms with E-state index in [4.69, 9.17) is 15.2 Å². The highest BCUT2D eigenvalue weighted by atomic mass is 19.3. The van der Waals surface area contributed by atoms with Crippen molar-refractivity contribution in [1.29, 1.82) is 0 Å². The highest BCUT2D eigenvalue weighted by Crippen LogP contribution is 2.45. The maximum atomic E-state index is 13.7. The topological polar surface area (TPSA) is 62.3 Å². The number of hydrogen-bond donors (Lipinski definition) is 1. The molecule has 0 radical (unpaired) electrons. The number of ether oxygens (including phenoxy) is 2. The van der Waals surface area contributed by atoms with E-state index in [0.717, 1.165) is 6.92 Å². The number of benzene rings is 1. The molecule has 0 spiro atoms. The van der Waals surface area contributed by atoms with E-state index in [-0.39, 0.29) is 5.56 Å². The van der Waals surface area contributed by atoms with Crippen LogP contribution in [-0.2, 0) is 13.0 Å². The first kappa shape index (κ1) is 13.7. The smallest absolute Gasteiger partial charge is 0.270 e. The van der Waals surface area contributed by atoms with E-state index in [0.29, 0.717) is 41.7 Å². The van der Waals surface area contributed by atoms with Gasteiger partial charge in [0.1, 0.15) is 19.0 Å². The van der Waals surface area contributed by atoms with Crippen molar-refractivity contribution in [2.75, 3.05) is 18.9 Å². The Kier molecular flexibility index (Phi) is 3.00. The molecule has 3 rings (SSSR count). The standard InChI is InChI=1S/C14H15F2N3O2/c1-14(15,16)8-5-9(10-7-18-19(2)13(10)17)12-11(6-8)20-3-4-21-12/h5-7H,3-4,17H2,1-2H3. The van der Waals surface area contributed by atoms with Crippen LogP contribution in [0.25, 0.3) is 11.1 Å². The zero-order chi connectivity index (χ0) is 15.2. The monoisotopic (exact) mass is 295 g/mol. The van der Waals surface area contributed by atoms with Gasteiger partial charge in [0.25, 0.3) is 5.92 Å². The van der Waals surface area contributed by atoms with Crippen molar-refractivity contribution in [3.05, 3.63) is 23.9 Å². The summed E-state index contributed by atoms with van der Waals surface area (Å²) in [5, 5.41) is 4.04. The molecule has 5 nitrogen and oxygen atoms in total. The molecule has 2 heterocycles. The molecule has 2 aromatic rings. The summed E-state index contributed by atoms with van der Waals surface area (Å²) in [4.78, 5) is 0. The van der Waals surface area contributed by atoms with Gasteiger partial charge in [-0.2, -0.15) is 5.10 Å². The molecule has 0 bridgehead atoms. The lowest BCUT2D eigenvalue weighted by atomic mass is 10.00. The average molecular weight is 295 g/mol. The molecule has 1 aliphatic heterocycles. The van der Waals surface area contributed by atoms with Crippen LogP contribution in [0.2, 0.25) is 0 Å². The van der Waals surface area contributed by atoms with Crippen molar-refractivity contribution in [3.8, 4) is 22.6 Å². The van der Waals surface area contributed by atoms with Gasteiger partial charge in [-0.3, -0.25) is 4.68 Å². The van der Waals surface area contributed by atoms with Crippen molar-refractivity contribution in [1.82, 2.24) is 9.78 Å². The summed E-state index contributed by atoms with van der Waals surface area (Å²) in [5.41, 5.74) is 6.81. The molecule has 21 heavy (non-hydrogen) atoms. The fourth-order valence-electron chi connectivity index (χ4n) is 2.26. The number of nitrogen functional groups attached to an aromatic ring is 1. The molecule has 7 heteroatoms. The number of alkyl halides is 2. The van der Waals surface area contributed by atoms with Gasteiger partial charge in [0.15, 0.2) is 11.5 Å². The number of rotatable bonds is 2. The molecule has 0 fully saturated rings. The van der Waals surface area contributed by atoms with Gasteiger partial charge in [0, 0.05) is 30.7 Å². The lowest BCUT2D eigenvalue weighted by Crippen LogP contribution is -2.17. The van der Waals surface area contributed by atoms with Crippen molar-refractivity contribution >= 4 is 5.82 Å². The van der Waals surface area contributed by atoms with Crippen LogP contribution in [0.4, 0.5) is 14.6 Å². The molecule has 0 atom stereocenters. The number of halogens is 2. The largest absolute Gasteiger partial charge is 0.486 e. The van der Waals surface area contributed by atoms with E-state index in [1.807, 2.05) is 0 Å². The fourth-order valence-corrected chi connectivity index (χ4v) is 2.26. The summed E-state index contributed by atoms with van der Waals surface area (Å²) in [6.07, 6.45) is 1.53. The van der Waals surface area contributed by atoms with E-state index in [1.54, 1.807) is 7.05 Å². The number of anilines is 1. The van der Waals surface area contributed by atoms with Gasteiger partial charge >= 0.3 is 0 Å². The number of fused-ring (bicyclic) bond motifs is 1. The van der Waals surface area contributed by atoms with Gasteiger partial charge in [-0.05, 0) is 12.1 Å². The predicted octanol–water partition coefficient (Wildman–Crippen LogP) is 2.55. The normalized spacial score (nSPS) is 14.3. The van der Waals surface area contributed by atoms with E-state index >= 15 is 0 Å². The second kappa shape index (κ2) is 4.61. The molecule has 1 aliphatic rings. The number of nitrogens with two attached hydrogens (primary N) is 1. The van der Waals surface area contributed by atoms with Crippen LogP contribution in [0, 0.1) is 0 Å². The Morgan fingerprint density at radius 3 is 2.57 bits per heavy atom. The van der Waals surface area contributed by atoms with Crippen LogP contribution in [0.1, 0.15) is 12.5 Å². The zero-order valence-corrected chi connectivity index (χ0v) is 11.7. The third-order valence-corrected chi connectivity index (χ3v) is 3.42. The zero-order valence-electron chi connectivity index (χ0n) is 11.7. The predicted molar refractivity (Wildman–Crippen MR) is 73.6 cm³/mol. The second-order valence-electron chi connectivity index (χ2n) is 5.00. The molecule has 0 amide bonds. The van der Waals surface area contributed by atoms with Crippen LogP contribution < -0.4 is 15.2 Å². The van der Waals surface area contributed by atoms with E-state index in [1.165, 1.54) is 23.0 Å². The summed E-state index contributed by atoms with van der Waals surface area (Å²) in [7, 11) is 1.68. The number of aromatic nitrogens is 2. The molecule has 112 valence electrons. The maximum absolute atomic E-state index is 13.7. The first-order valence-corrected chi connectivity index (χ1v) is 6.47. The van der Waals surface area contributed by atoms with Crippen LogP contribution in [0.3, 0.4) is 0 Å². The molecule has 1 aromatic heterocycles. The van der Waals surface area contributed by atoms with Crippen LogP contribution in [0.5, 0.6) is 11.5 Å². The van der Waals surface area contributed by atoms with Crippen LogP contribution in [-0.4, -0.2) is 23.0 Å². The first-order valence-electron chi connectivity index (χ1n) is 6.47. The molecular formula is C14H15F2N3O2. The van der Waals surface area contributed by atoms with E-state index < -0.39 is 5.92 Å². The molecule has 0 saturated heterocycles. The Morgan fingerprint density at radius 1 is 1.24 bits per heavy atom. The lowest BCUT2D eigenvalue weighted by molar-refractivity contribution is 0.0170. The molecule has 0 unspecified atom stereocenters. The molecule has 2 N–H and O–H groups in total. The maximum Gasteiger partial charge on any atom is 0.270 e. The van der Waals surface area contributed by atoms with E-state index in [9.17, 15) is 8.78 Å². The highest BCUT2D eigenvalue weighted by Gasteiger charge is 2.30. The highest BCUT2D eigenvalue weighted by molar-refractivity contribution is 5.81. The van der Waals surface area contributed by atoms with Gasteiger partial charge in [0.05, 0.1) is 6.20 Å². The van der Waals surface area contributed by atoms with Gasteiger partial charge in [-0.1, -0.05) is 0 Å². The van der Waals surface area contributed by atoms with Gasteiger partial charge < -0.3 is 15.2 Å². The van der Waals surface area contributed by atoms with Crippen molar-refractivity contribution in [2.45, 2.75) is 12.8 Å². The molecule has 1 aromatic carbocycles. The van der Waals surface area contributed by atoms with Gasteiger partial charge in [-0.25, -0.2) is 8.78 Å². The minimum Gasteiger partial charge on any atom is -0.486 e. The second-order valence-corrected chi connectivity index (χ2v) is 5.00. The minimum atomic E-state index is -2.98. The Hall–Kier alpha value is -2.31. The van der Waals surface area contributed by atoms with Crippen molar-refractivity contribution < 1.29 is 18.3 Å². The number of hydrogen-bond acceptors (Lipinski definition) is 4. The van der Waals surface area contributed by atoms with Gasteiger partial charge in [-0.15, -0.1) is 0 Å². The SMILES string of the molecule is Cn1ncc(-c2cc(C(C)(F)F)cc3c2OCCO3)c1N. The summed E-state index contributed by atoms with van der Waals surface area (Å²) in [5.74, 6) is -1.88. The van der Waals surface area contributed by atoms with Crippen LogP contribution >= 0.6 is 0 Å². The minimum absolute atomic E-state index is 0.148. The molecule has 0 aliphatic carbocycles. The Labute approximate surface area is 120 Å². The average Bonchev–Trinajstić information content (AvgIpc) is 2.77. The number of aryl methyl sites for hydroxylation is 1. The number of nitrogens with zero attached hydrogens (tertiary/aromatic N) is 2. The van der Waals surface area contributed by atoms with Crippen LogP contribution in [0.15, 0.2) is 18.3 Å². The Morgan fingerprint density at radius 2 is 1.95 bits per heavy atom. The Bertz CT molecular complexity index is 692. The van der Waals surface area contributed by atoms with Crippen molar-refractivity contribution in [2.24, 2.45) is 7.05 Å². The molecule has 0 saturated carbocycles. The molecular weight excluding hydrogens is 280 g/mol. The fraction of sp³-hybridized carbons (Fsp3) is 0.357.